The van der Waals surface area contributed by atoms with Crippen molar-refractivity contribution in [2.75, 3.05) is 19.8 Å². The zero-order valence-corrected chi connectivity index (χ0v) is 16.5. The normalized spacial score (nSPS) is 11.1. The van der Waals surface area contributed by atoms with Crippen molar-refractivity contribution in [3.05, 3.63) is 48.9 Å². The Morgan fingerprint density at radius 2 is 2.04 bits per heavy atom. The fraction of sp³-hybridized carbons (Fsp3) is 0.200. The Balaban J connectivity index is 1.61. The van der Waals surface area contributed by atoms with Gasteiger partial charge in [-0.2, -0.15) is 5.10 Å². The highest BCUT2D eigenvalue weighted by molar-refractivity contribution is 7.21. The summed E-state index contributed by atoms with van der Waals surface area (Å²) in [5, 5.41) is 5.20. The number of carbonyl (C=O) groups is 1. The highest BCUT2D eigenvalue weighted by Crippen LogP contribution is 2.34. The molecule has 0 unspecified atom stereocenters. The predicted octanol–water partition coefficient (Wildman–Crippen LogP) is 3.28. The number of nitrogens with two attached hydrogens (primary N) is 1. The molecule has 0 bridgehead atoms. The van der Waals surface area contributed by atoms with Gasteiger partial charge in [-0.15, -0.1) is 11.3 Å². The Morgan fingerprint density at radius 3 is 2.82 bits per heavy atom. The maximum Gasteiger partial charge on any atom is 0.223 e. The average molecular weight is 392 g/mol. The summed E-state index contributed by atoms with van der Waals surface area (Å²) in [6, 6.07) is 9.99. The third-order valence-electron chi connectivity index (χ3n) is 4.46. The zero-order chi connectivity index (χ0) is 19.7. The van der Waals surface area contributed by atoms with Crippen molar-refractivity contribution >= 4 is 33.3 Å². The topological polar surface area (TPSA) is 89.9 Å². The van der Waals surface area contributed by atoms with Crippen molar-refractivity contribution in [3.63, 3.8) is 0 Å². The van der Waals surface area contributed by atoms with Crippen LogP contribution in [-0.4, -0.2) is 44.7 Å². The standard InChI is InChI=1S/C20H20N6OS/c1-25(2)18(27)7-8-26-12-14(11-23-26)13-9-15(19(21)22-10-13)20-24-16-5-3-4-6-17(16)28-20/h3-6,9-12H,7-8H2,1-2H3,(H2,21,22). The molecule has 8 heteroatoms. The van der Waals surface area contributed by atoms with Crippen molar-refractivity contribution in [2.24, 2.45) is 0 Å². The number of anilines is 1. The summed E-state index contributed by atoms with van der Waals surface area (Å²) < 4.78 is 2.88. The molecule has 0 radical (unpaired) electrons. The second kappa shape index (κ2) is 7.40. The van der Waals surface area contributed by atoms with E-state index in [0.717, 1.165) is 31.9 Å². The number of nitrogens with zero attached hydrogens (tertiary/aromatic N) is 5. The number of amides is 1. The Hall–Kier alpha value is -3.26. The number of para-hydroxylation sites is 1. The summed E-state index contributed by atoms with van der Waals surface area (Å²) in [5.41, 5.74) is 9.73. The minimum atomic E-state index is 0.0734. The number of rotatable bonds is 5. The molecule has 0 aliphatic rings. The van der Waals surface area contributed by atoms with Crippen molar-refractivity contribution in [1.82, 2.24) is 24.6 Å². The minimum Gasteiger partial charge on any atom is -0.383 e. The molecule has 0 saturated carbocycles. The van der Waals surface area contributed by atoms with E-state index in [4.69, 9.17) is 5.73 Å². The molecule has 0 aliphatic carbocycles. The van der Waals surface area contributed by atoms with E-state index < -0.39 is 0 Å². The summed E-state index contributed by atoms with van der Waals surface area (Å²) in [4.78, 5) is 22.4. The first-order valence-electron chi connectivity index (χ1n) is 8.86. The van der Waals surface area contributed by atoms with Crippen LogP contribution in [0.2, 0.25) is 0 Å². The molecule has 4 aromatic rings. The first-order valence-corrected chi connectivity index (χ1v) is 9.67. The van der Waals surface area contributed by atoms with Crippen LogP contribution < -0.4 is 5.73 Å². The minimum absolute atomic E-state index is 0.0734. The Bertz CT molecular complexity index is 1110. The molecule has 0 fully saturated rings. The molecule has 3 aromatic heterocycles. The summed E-state index contributed by atoms with van der Waals surface area (Å²) in [7, 11) is 3.50. The van der Waals surface area contributed by atoms with Crippen molar-refractivity contribution in [3.8, 4) is 21.7 Å². The number of pyridine rings is 1. The van der Waals surface area contributed by atoms with Gasteiger partial charge in [-0.05, 0) is 18.2 Å². The monoisotopic (exact) mass is 392 g/mol. The number of benzene rings is 1. The first-order chi connectivity index (χ1) is 13.5. The van der Waals surface area contributed by atoms with Crippen LogP contribution in [0, 0.1) is 0 Å². The van der Waals surface area contributed by atoms with Crippen LogP contribution in [0.25, 0.3) is 31.9 Å². The van der Waals surface area contributed by atoms with Crippen molar-refractivity contribution < 1.29 is 4.79 Å². The Kier molecular flexibility index (Phi) is 4.79. The molecule has 3 heterocycles. The molecule has 1 amide bonds. The van der Waals surface area contributed by atoms with Gasteiger partial charge in [-0.3, -0.25) is 9.48 Å². The number of hydrogen-bond acceptors (Lipinski definition) is 6. The first kappa shape index (κ1) is 18.1. The fourth-order valence-electron chi connectivity index (χ4n) is 2.86. The van der Waals surface area contributed by atoms with Crippen LogP contribution >= 0.6 is 11.3 Å². The highest BCUT2D eigenvalue weighted by atomic mass is 32.1. The van der Waals surface area contributed by atoms with E-state index in [1.807, 2.05) is 36.5 Å². The van der Waals surface area contributed by atoms with Gasteiger partial charge in [-0.25, -0.2) is 9.97 Å². The maximum absolute atomic E-state index is 11.8. The third-order valence-corrected chi connectivity index (χ3v) is 5.53. The van der Waals surface area contributed by atoms with E-state index in [1.54, 1.807) is 47.4 Å². The van der Waals surface area contributed by atoms with E-state index in [-0.39, 0.29) is 5.91 Å². The van der Waals surface area contributed by atoms with Gasteiger partial charge in [0, 0.05) is 50.6 Å². The van der Waals surface area contributed by atoms with Crippen LogP contribution in [0.1, 0.15) is 6.42 Å². The predicted molar refractivity (Wildman–Crippen MR) is 112 cm³/mol. The van der Waals surface area contributed by atoms with E-state index in [1.165, 1.54) is 0 Å². The number of nitrogen functional groups attached to an aromatic ring is 1. The average Bonchev–Trinajstić information content (AvgIpc) is 3.33. The molecule has 4 rings (SSSR count). The maximum atomic E-state index is 11.8. The Morgan fingerprint density at radius 1 is 1.21 bits per heavy atom. The van der Waals surface area contributed by atoms with E-state index in [2.05, 4.69) is 15.1 Å². The molecule has 0 aliphatic heterocycles. The van der Waals surface area contributed by atoms with Crippen molar-refractivity contribution in [2.45, 2.75) is 13.0 Å². The molecule has 142 valence electrons. The molecule has 2 N–H and O–H groups in total. The number of thiazole rings is 1. The van der Waals surface area contributed by atoms with Gasteiger partial charge in [0.25, 0.3) is 0 Å². The SMILES string of the molecule is CN(C)C(=O)CCn1cc(-c2cnc(N)c(-c3nc4ccccc4s3)c2)cn1. The number of hydrogen-bond donors (Lipinski definition) is 1. The molecular formula is C20H20N6OS. The van der Waals surface area contributed by atoms with Gasteiger partial charge in [0.15, 0.2) is 0 Å². The van der Waals surface area contributed by atoms with Gasteiger partial charge in [0.2, 0.25) is 5.91 Å². The lowest BCUT2D eigenvalue weighted by molar-refractivity contribution is -0.128. The van der Waals surface area contributed by atoms with Gasteiger partial charge in [0.1, 0.15) is 10.8 Å². The number of aromatic nitrogens is 4. The Labute approximate surface area is 166 Å². The van der Waals surface area contributed by atoms with Crippen LogP contribution in [0.4, 0.5) is 5.82 Å². The van der Waals surface area contributed by atoms with Crippen LogP contribution in [-0.2, 0) is 11.3 Å². The third kappa shape index (κ3) is 3.59. The second-order valence-electron chi connectivity index (χ2n) is 6.67. The number of fused-ring (bicyclic) bond motifs is 1. The smallest absolute Gasteiger partial charge is 0.223 e. The summed E-state index contributed by atoms with van der Waals surface area (Å²) >= 11 is 1.59. The lowest BCUT2D eigenvalue weighted by Crippen LogP contribution is -2.22. The summed E-state index contributed by atoms with van der Waals surface area (Å²) in [5.74, 6) is 0.524. The second-order valence-corrected chi connectivity index (χ2v) is 7.70. The van der Waals surface area contributed by atoms with E-state index >= 15 is 0 Å². The van der Waals surface area contributed by atoms with Crippen LogP contribution in [0.5, 0.6) is 0 Å². The lowest BCUT2D eigenvalue weighted by Gasteiger charge is -2.09. The molecule has 7 nitrogen and oxygen atoms in total. The summed E-state index contributed by atoms with van der Waals surface area (Å²) in [6.07, 6.45) is 5.83. The number of carbonyl (C=O) groups excluding carboxylic acids is 1. The molecule has 1 aromatic carbocycles. The quantitative estimate of drug-likeness (QED) is 0.563. The van der Waals surface area contributed by atoms with Crippen LogP contribution in [0.3, 0.4) is 0 Å². The van der Waals surface area contributed by atoms with Crippen LogP contribution in [0.15, 0.2) is 48.9 Å². The summed E-state index contributed by atoms with van der Waals surface area (Å²) in [6.45, 7) is 0.532. The van der Waals surface area contributed by atoms with E-state index in [0.29, 0.717) is 18.8 Å². The fourth-order valence-corrected chi connectivity index (χ4v) is 3.85. The molecular weight excluding hydrogens is 372 g/mol. The van der Waals surface area contributed by atoms with Gasteiger partial charge in [-0.1, -0.05) is 12.1 Å². The number of aryl methyl sites for hydroxylation is 1. The van der Waals surface area contributed by atoms with E-state index in [9.17, 15) is 4.79 Å². The molecule has 0 atom stereocenters. The zero-order valence-electron chi connectivity index (χ0n) is 15.7. The largest absolute Gasteiger partial charge is 0.383 e. The van der Waals surface area contributed by atoms with Gasteiger partial charge in [0.05, 0.1) is 22.0 Å². The molecule has 0 saturated heterocycles. The van der Waals surface area contributed by atoms with Crippen molar-refractivity contribution in [1.29, 1.82) is 0 Å². The molecule has 0 spiro atoms. The lowest BCUT2D eigenvalue weighted by atomic mass is 10.1. The van der Waals surface area contributed by atoms with Gasteiger partial charge >= 0.3 is 0 Å². The van der Waals surface area contributed by atoms with Gasteiger partial charge < -0.3 is 10.6 Å². The molecule has 28 heavy (non-hydrogen) atoms. The highest BCUT2D eigenvalue weighted by Gasteiger charge is 2.13.